The molecule has 1 atom stereocenters. The average Bonchev–Trinajstić information content (AvgIpc) is 2.84. The first-order valence-corrected chi connectivity index (χ1v) is 7.15. The molecule has 1 heterocycles. The minimum absolute atomic E-state index is 0.135. The number of hydrogen-bond acceptors (Lipinski definition) is 5. The van der Waals surface area contributed by atoms with Gasteiger partial charge in [-0.05, 0) is 18.6 Å². The number of nitrogen functional groups attached to an aromatic ring is 1. The molecule has 1 aromatic carbocycles. The quantitative estimate of drug-likeness (QED) is 0.850. The minimum Gasteiger partial charge on any atom is -0.398 e. The molecule has 0 aliphatic carbocycles. The van der Waals surface area contributed by atoms with Gasteiger partial charge in [0.05, 0.1) is 11.3 Å². The van der Waals surface area contributed by atoms with Gasteiger partial charge < -0.3 is 10.3 Å². The molecule has 0 aliphatic rings. The summed E-state index contributed by atoms with van der Waals surface area (Å²) in [5.41, 5.74) is 6.21. The van der Waals surface area contributed by atoms with Crippen LogP contribution < -0.4 is 5.73 Å². The van der Waals surface area contributed by atoms with E-state index >= 15 is 0 Å². The Morgan fingerprint density at radius 3 is 2.95 bits per heavy atom. The standard InChI is InChI=1S/C13H16FN3OS/c1-3-8(2)19-7-11-16-13(18-17-11)12-9(14)5-4-6-10(12)15/h4-6,8H,3,7,15H2,1-2H3. The first-order valence-electron chi connectivity index (χ1n) is 6.10. The number of nitrogens with zero attached hydrogens (tertiary/aromatic N) is 2. The number of aromatic nitrogens is 2. The molecule has 4 nitrogen and oxygen atoms in total. The Bertz CT molecular complexity index is 538. The second-order valence-corrected chi connectivity index (χ2v) is 5.68. The lowest BCUT2D eigenvalue weighted by atomic mass is 10.1. The first-order chi connectivity index (χ1) is 9.11. The SMILES string of the molecule is CCC(C)SCc1noc(-c2c(N)cccc2F)n1. The molecule has 102 valence electrons. The number of hydrogen-bond donors (Lipinski definition) is 1. The fourth-order valence-corrected chi connectivity index (χ4v) is 2.30. The van der Waals surface area contributed by atoms with Crippen LogP contribution in [0.25, 0.3) is 11.5 Å². The fourth-order valence-electron chi connectivity index (χ4n) is 1.52. The van der Waals surface area contributed by atoms with Crippen molar-refractivity contribution in [2.45, 2.75) is 31.3 Å². The van der Waals surface area contributed by atoms with Gasteiger partial charge in [-0.25, -0.2) is 4.39 Å². The lowest BCUT2D eigenvalue weighted by molar-refractivity contribution is 0.423. The van der Waals surface area contributed by atoms with Crippen molar-refractivity contribution in [3.63, 3.8) is 0 Å². The molecular weight excluding hydrogens is 265 g/mol. The Morgan fingerprint density at radius 2 is 2.26 bits per heavy atom. The van der Waals surface area contributed by atoms with Gasteiger partial charge >= 0.3 is 0 Å². The number of halogens is 1. The van der Waals surface area contributed by atoms with Crippen LogP contribution in [0.2, 0.25) is 0 Å². The van der Waals surface area contributed by atoms with E-state index in [4.69, 9.17) is 10.3 Å². The zero-order chi connectivity index (χ0) is 13.8. The van der Waals surface area contributed by atoms with Crippen molar-refractivity contribution < 1.29 is 8.91 Å². The lowest BCUT2D eigenvalue weighted by Gasteiger charge is -2.04. The van der Waals surface area contributed by atoms with E-state index in [1.807, 2.05) is 0 Å². The normalized spacial score (nSPS) is 12.6. The Labute approximate surface area is 115 Å². The van der Waals surface area contributed by atoms with Crippen LogP contribution in [0.5, 0.6) is 0 Å². The molecule has 6 heteroatoms. The summed E-state index contributed by atoms with van der Waals surface area (Å²) in [6, 6.07) is 4.48. The minimum atomic E-state index is -0.454. The largest absolute Gasteiger partial charge is 0.398 e. The van der Waals surface area contributed by atoms with Crippen LogP contribution in [0.15, 0.2) is 22.7 Å². The summed E-state index contributed by atoms with van der Waals surface area (Å²) in [5, 5.41) is 4.38. The molecule has 1 unspecified atom stereocenters. The third-order valence-corrected chi connectivity index (χ3v) is 4.13. The Hall–Kier alpha value is -1.56. The van der Waals surface area contributed by atoms with E-state index in [0.29, 0.717) is 22.5 Å². The van der Waals surface area contributed by atoms with Gasteiger partial charge in [0.25, 0.3) is 5.89 Å². The number of nitrogens with two attached hydrogens (primary N) is 1. The molecule has 0 saturated carbocycles. The van der Waals surface area contributed by atoms with E-state index in [1.54, 1.807) is 23.9 Å². The van der Waals surface area contributed by atoms with E-state index in [1.165, 1.54) is 6.07 Å². The van der Waals surface area contributed by atoms with Gasteiger partial charge in [0.2, 0.25) is 0 Å². The fraction of sp³-hybridized carbons (Fsp3) is 0.385. The Kier molecular flexibility index (Phi) is 4.42. The highest BCUT2D eigenvalue weighted by atomic mass is 32.2. The molecule has 0 saturated heterocycles. The summed E-state index contributed by atoms with van der Waals surface area (Å²) in [6.07, 6.45) is 1.08. The van der Waals surface area contributed by atoms with Gasteiger partial charge in [-0.15, -0.1) is 0 Å². The molecule has 2 N–H and O–H groups in total. The van der Waals surface area contributed by atoms with Gasteiger partial charge in [0, 0.05) is 10.9 Å². The van der Waals surface area contributed by atoms with Crippen molar-refractivity contribution in [2.24, 2.45) is 0 Å². The highest BCUT2D eigenvalue weighted by molar-refractivity contribution is 7.99. The number of thioether (sulfide) groups is 1. The zero-order valence-corrected chi connectivity index (χ0v) is 11.7. The van der Waals surface area contributed by atoms with Gasteiger partial charge in [0.15, 0.2) is 5.82 Å². The highest BCUT2D eigenvalue weighted by Gasteiger charge is 2.16. The summed E-state index contributed by atoms with van der Waals surface area (Å²) < 4.78 is 18.8. The smallest absolute Gasteiger partial charge is 0.263 e. The monoisotopic (exact) mass is 281 g/mol. The summed E-state index contributed by atoms with van der Waals surface area (Å²) in [5.74, 6) is 0.885. The molecule has 19 heavy (non-hydrogen) atoms. The summed E-state index contributed by atoms with van der Waals surface area (Å²) in [4.78, 5) is 4.19. The lowest BCUT2D eigenvalue weighted by Crippen LogP contribution is -1.96. The zero-order valence-electron chi connectivity index (χ0n) is 10.9. The maximum Gasteiger partial charge on any atom is 0.263 e. The summed E-state index contributed by atoms with van der Waals surface area (Å²) in [6.45, 7) is 4.26. The second kappa shape index (κ2) is 6.06. The van der Waals surface area contributed by atoms with Crippen LogP contribution in [0.1, 0.15) is 26.1 Å². The third kappa shape index (κ3) is 3.26. The Balaban J connectivity index is 2.17. The van der Waals surface area contributed by atoms with Crippen molar-refractivity contribution in [2.75, 3.05) is 5.73 Å². The van der Waals surface area contributed by atoms with Crippen molar-refractivity contribution in [3.05, 3.63) is 29.8 Å². The van der Waals surface area contributed by atoms with Crippen LogP contribution in [-0.4, -0.2) is 15.4 Å². The van der Waals surface area contributed by atoms with E-state index < -0.39 is 5.82 Å². The van der Waals surface area contributed by atoms with Gasteiger partial charge in [-0.1, -0.05) is 25.1 Å². The highest BCUT2D eigenvalue weighted by Crippen LogP contribution is 2.28. The van der Waals surface area contributed by atoms with Gasteiger partial charge in [-0.3, -0.25) is 0 Å². The Morgan fingerprint density at radius 1 is 1.47 bits per heavy atom. The van der Waals surface area contributed by atoms with E-state index in [2.05, 4.69) is 24.0 Å². The molecule has 0 bridgehead atoms. The van der Waals surface area contributed by atoms with E-state index in [-0.39, 0.29) is 11.5 Å². The van der Waals surface area contributed by atoms with E-state index in [9.17, 15) is 4.39 Å². The molecule has 1 aromatic heterocycles. The van der Waals surface area contributed by atoms with Crippen molar-refractivity contribution >= 4 is 17.4 Å². The van der Waals surface area contributed by atoms with Crippen LogP contribution in [0.4, 0.5) is 10.1 Å². The molecule has 0 aliphatic heterocycles. The van der Waals surface area contributed by atoms with Gasteiger partial charge in [0.1, 0.15) is 5.82 Å². The van der Waals surface area contributed by atoms with E-state index in [0.717, 1.165) is 6.42 Å². The number of rotatable bonds is 5. The maximum atomic E-state index is 13.7. The molecular formula is C13H16FN3OS. The molecule has 0 radical (unpaired) electrons. The molecule has 0 spiro atoms. The molecule has 0 fully saturated rings. The van der Waals surface area contributed by atoms with Crippen LogP contribution in [0, 0.1) is 5.82 Å². The van der Waals surface area contributed by atoms with Gasteiger partial charge in [-0.2, -0.15) is 16.7 Å². The predicted molar refractivity (Wildman–Crippen MR) is 75.2 cm³/mol. The molecule has 2 rings (SSSR count). The summed E-state index contributed by atoms with van der Waals surface area (Å²) in [7, 11) is 0. The number of benzene rings is 1. The van der Waals surface area contributed by atoms with Crippen LogP contribution >= 0.6 is 11.8 Å². The van der Waals surface area contributed by atoms with Crippen molar-refractivity contribution in [1.82, 2.24) is 10.1 Å². The van der Waals surface area contributed by atoms with Crippen LogP contribution in [0.3, 0.4) is 0 Å². The molecule has 2 aromatic rings. The first kappa shape index (κ1) is 13.9. The van der Waals surface area contributed by atoms with Crippen LogP contribution in [-0.2, 0) is 5.75 Å². The second-order valence-electron chi connectivity index (χ2n) is 4.25. The maximum absolute atomic E-state index is 13.7. The number of anilines is 1. The third-order valence-electron chi connectivity index (χ3n) is 2.80. The van der Waals surface area contributed by atoms with Crippen molar-refractivity contribution in [1.29, 1.82) is 0 Å². The topological polar surface area (TPSA) is 64.9 Å². The predicted octanol–water partition coefficient (Wildman–Crippen LogP) is 3.49. The summed E-state index contributed by atoms with van der Waals surface area (Å²) >= 11 is 1.74. The van der Waals surface area contributed by atoms with Crippen molar-refractivity contribution in [3.8, 4) is 11.5 Å². The molecule has 0 amide bonds. The average molecular weight is 281 g/mol.